The largest absolute Gasteiger partial charge is 0.497 e. The first kappa shape index (κ1) is 23.1. The van der Waals surface area contributed by atoms with Crippen molar-refractivity contribution in [3.8, 4) is 5.75 Å². The van der Waals surface area contributed by atoms with E-state index in [0.717, 1.165) is 15.1 Å². The fourth-order valence-electron chi connectivity index (χ4n) is 3.16. The first-order valence-electron chi connectivity index (χ1n) is 9.30. The van der Waals surface area contributed by atoms with Gasteiger partial charge in [-0.3, -0.25) is 10.0 Å². The molecule has 29 heavy (non-hydrogen) atoms. The van der Waals surface area contributed by atoms with Crippen molar-refractivity contribution < 1.29 is 23.2 Å². The lowest BCUT2D eigenvalue weighted by Gasteiger charge is -2.32. The predicted molar refractivity (Wildman–Crippen MR) is 112 cm³/mol. The SMILES string of the molecule is COc1ccc2cc(S(=O)(=O)N(CCN(C)C)[C@@H](C(=O)NO)C(C)C)ccc2c1. The molecule has 0 aliphatic carbocycles. The van der Waals surface area contributed by atoms with Gasteiger partial charge in [0.05, 0.1) is 12.0 Å². The normalized spacial score (nSPS) is 13.3. The van der Waals surface area contributed by atoms with Crippen LogP contribution in [0.2, 0.25) is 0 Å². The average Bonchev–Trinajstić information content (AvgIpc) is 2.68. The average molecular weight is 424 g/mol. The number of carbonyl (C=O) groups excluding carboxylic acids is 1. The van der Waals surface area contributed by atoms with E-state index in [1.165, 1.54) is 6.07 Å². The van der Waals surface area contributed by atoms with Crippen molar-refractivity contribution in [1.29, 1.82) is 0 Å². The lowest BCUT2D eigenvalue weighted by atomic mass is 10.0. The van der Waals surface area contributed by atoms with E-state index in [9.17, 15) is 13.2 Å². The van der Waals surface area contributed by atoms with Crippen LogP contribution in [0.4, 0.5) is 0 Å². The molecule has 0 heterocycles. The summed E-state index contributed by atoms with van der Waals surface area (Å²) in [4.78, 5) is 14.2. The summed E-state index contributed by atoms with van der Waals surface area (Å²) >= 11 is 0. The van der Waals surface area contributed by atoms with Crippen molar-refractivity contribution in [1.82, 2.24) is 14.7 Å². The number of carbonyl (C=O) groups is 1. The first-order valence-corrected chi connectivity index (χ1v) is 10.7. The van der Waals surface area contributed by atoms with Crippen LogP contribution in [-0.4, -0.2) is 69.1 Å². The maximum absolute atomic E-state index is 13.5. The zero-order valence-electron chi connectivity index (χ0n) is 17.4. The van der Waals surface area contributed by atoms with Crippen LogP contribution < -0.4 is 10.2 Å². The number of likely N-dealkylation sites (N-methyl/N-ethyl adjacent to an activating group) is 1. The van der Waals surface area contributed by atoms with Crippen LogP contribution >= 0.6 is 0 Å². The molecule has 2 aromatic carbocycles. The first-order chi connectivity index (χ1) is 13.6. The Morgan fingerprint density at radius 1 is 1.10 bits per heavy atom. The molecule has 0 spiro atoms. The second-order valence-corrected chi connectivity index (χ2v) is 9.35. The molecule has 0 aliphatic rings. The number of benzene rings is 2. The summed E-state index contributed by atoms with van der Waals surface area (Å²) in [5.41, 5.74) is 1.61. The molecule has 0 unspecified atom stereocenters. The van der Waals surface area contributed by atoms with Crippen LogP contribution in [0.1, 0.15) is 13.8 Å². The number of hydrogen-bond acceptors (Lipinski definition) is 6. The second-order valence-electron chi connectivity index (χ2n) is 7.46. The zero-order chi connectivity index (χ0) is 21.8. The van der Waals surface area contributed by atoms with Gasteiger partial charge in [-0.25, -0.2) is 13.9 Å². The molecule has 0 saturated carbocycles. The molecule has 8 nitrogen and oxygen atoms in total. The van der Waals surface area contributed by atoms with Gasteiger partial charge in [0.2, 0.25) is 10.0 Å². The summed E-state index contributed by atoms with van der Waals surface area (Å²) in [6.07, 6.45) is 0. The summed E-state index contributed by atoms with van der Waals surface area (Å²) in [5, 5.41) is 10.8. The minimum Gasteiger partial charge on any atom is -0.497 e. The molecule has 0 aromatic heterocycles. The van der Waals surface area contributed by atoms with Gasteiger partial charge in [-0.15, -0.1) is 0 Å². The predicted octanol–water partition coefficient (Wildman–Crippen LogP) is 1.93. The molecule has 0 radical (unpaired) electrons. The highest BCUT2D eigenvalue weighted by Crippen LogP contribution is 2.27. The van der Waals surface area contributed by atoms with E-state index in [1.807, 2.05) is 25.1 Å². The lowest BCUT2D eigenvalue weighted by Crippen LogP contribution is -2.53. The number of nitrogens with zero attached hydrogens (tertiary/aromatic N) is 2. The van der Waals surface area contributed by atoms with E-state index in [4.69, 9.17) is 9.94 Å². The number of fused-ring (bicyclic) bond motifs is 1. The Hall–Kier alpha value is -2.20. The Morgan fingerprint density at radius 2 is 1.72 bits per heavy atom. The molecule has 160 valence electrons. The molecule has 2 aromatic rings. The minimum atomic E-state index is -4.00. The summed E-state index contributed by atoms with van der Waals surface area (Å²) in [6.45, 7) is 4.01. The van der Waals surface area contributed by atoms with Gasteiger partial charge < -0.3 is 9.64 Å². The highest BCUT2D eigenvalue weighted by molar-refractivity contribution is 7.89. The van der Waals surface area contributed by atoms with Crippen molar-refractivity contribution >= 4 is 26.7 Å². The molecular weight excluding hydrogens is 394 g/mol. The number of sulfonamides is 1. The van der Waals surface area contributed by atoms with Gasteiger partial charge in [-0.1, -0.05) is 26.0 Å². The third-order valence-electron chi connectivity index (χ3n) is 4.71. The van der Waals surface area contributed by atoms with Crippen LogP contribution in [0, 0.1) is 5.92 Å². The van der Waals surface area contributed by atoms with Crippen molar-refractivity contribution in [3.05, 3.63) is 36.4 Å². The Bertz CT molecular complexity index is 960. The summed E-state index contributed by atoms with van der Waals surface area (Å²) < 4.78 is 33.4. The number of methoxy groups -OCH3 is 1. The number of hydroxylamine groups is 1. The number of ether oxygens (including phenoxy) is 1. The van der Waals surface area contributed by atoms with E-state index < -0.39 is 22.0 Å². The van der Waals surface area contributed by atoms with Crippen molar-refractivity contribution in [2.75, 3.05) is 34.3 Å². The van der Waals surface area contributed by atoms with Crippen LogP contribution in [0.25, 0.3) is 10.8 Å². The Morgan fingerprint density at radius 3 is 2.28 bits per heavy atom. The molecule has 9 heteroatoms. The van der Waals surface area contributed by atoms with E-state index in [0.29, 0.717) is 12.3 Å². The van der Waals surface area contributed by atoms with Gasteiger partial charge in [0.25, 0.3) is 5.91 Å². The molecule has 0 fully saturated rings. The maximum Gasteiger partial charge on any atom is 0.262 e. The summed E-state index contributed by atoms with van der Waals surface area (Å²) in [5.74, 6) is -0.420. The van der Waals surface area contributed by atoms with Gasteiger partial charge >= 0.3 is 0 Å². The van der Waals surface area contributed by atoms with Crippen molar-refractivity contribution in [2.24, 2.45) is 5.92 Å². The van der Waals surface area contributed by atoms with Crippen molar-refractivity contribution in [2.45, 2.75) is 24.8 Å². The van der Waals surface area contributed by atoms with Gasteiger partial charge in [-0.05, 0) is 55.1 Å². The molecule has 0 saturated heterocycles. The fourth-order valence-corrected chi connectivity index (χ4v) is 4.91. The fraction of sp³-hybridized carbons (Fsp3) is 0.450. The van der Waals surface area contributed by atoms with Crippen LogP contribution in [0.15, 0.2) is 41.3 Å². The smallest absolute Gasteiger partial charge is 0.262 e. The molecule has 2 rings (SSSR count). The number of rotatable bonds is 9. The second kappa shape index (κ2) is 9.53. The van der Waals surface area contributed by atoms with Gasteiger partial charge in [0.15, 0.2) is 0 Å². The van der Waals surface area contributed by atoms with Crippen LogP contribution in [0.3, 0.4) is 0 Å². The number of nitrogens with one attached hydrogen (secondary N) is 1. The summed E-state index contributed by atoms with van der Waals surface area (Å²) in [6, 6.07) is 9.15. The highest BCUT2D eigenvalue weighted by Gasteiger charge is 2.37. The Labute approximate surface area is 172 Å². The van der Waals surface area contributed by atoms with E-state index >= 15 is 0 Å². The molecule has 0 bridgehead atoms. The van der Waals surface area contributed by atoms with Gasteiger partial charge in [0, 0.05) is 13.1 Å². The van der Waals surface area contributed by atoms with Crippen LogP contribution in [0.5, 0.6) is 5.75 Å². The molecule has 2 N–H and O–H groups in total. The van der Waals surface area contributed by atoms with Crippen LogP contribution in [-0.2, 0) is 14.8 Å². The third kappa shape index (κ3) is 5.24. The van der Waals surface area contributed by atoms with E-state index in [2.05, 4.69) is 0 Å². The minimum absolute atomic E-state index is 0.0883. The lowest BCUT2D eigenvalue weighted by molar-refractivity contribution is -0.134. The van der Waals surface area contributed by atoms with Crippen molar-refractivity contribution in [3.63, 3.8) is 0 Å². The Balaban J connectivity index is 2.55. The number of amides is 1. The number of hydrogen-bond donors (Lipinski definition) is 2. The quantitative estimate of drug-likeness (QED) is 0.472. The molecule has 1 atom stereocenters. The van der Waals surface area contributed by atoms with Gasteiger partial charge in [-0.2, -0.15) is 4.31 Å². The monoisotopic (exact) mass is 423 g/mol. The molecule has 0 aliphatic heterocycles. The Kier molecular flexibility index (Phi) is 7.59. The molecule has 1 amide bonds. The maximum atomic E-state index is 13.5. The molecular formula is C20H29N3O5S. The highest BCUT2D eigenvalue weighted by atomic mass is 32.2. The summed E-state index contributed by atoms with van der Waals surface area (Å²) in [7, 11) is 1.22. The standard InChI is InChI=1S/C20H29N3O5S/c1-14(2)19(20(24)21-25)23(11-10-22(3)4)29(26,27)18-9-7-15-12-17(28-5)8-6-16(15)13-18/h6-9,12-14,19,25H,10-11H2,1-5H3,(H,21,24)/t19-/m1/s1. The van der Waals surface area contributed by atoms with E-state index in [-0.39, 0.29) is 17.4 Å². The third-order valence-corrected chi connectivity index (χ3v) is 6.59. The topological polar surface area (TPSA) is 99.2 Å². The zero-order valence-corrected chi connectivity index (χ0v) is 18.2. The van der Waals surface area contributed by atoms with E-state index in [1.54, 1.807) is 50.7 Å². The van der Waals surface area contributed by atoms with Gasteiger partial charge in [0.1, 0.15) is 11.8 Å².